The number of thioether (sulfide) groups is 1. The molecule has 1 aliphatic heterocycles. The third-order valence-electron chi connectivity index (χ3n) is 4.70. The van der Waals surface area contributed by atoms with Crippen LogP contribution in [-0.2, 0) is 14.3 Å². The quantitative estimate of drug-likeness (QED) is 0.533. The van der Waals surface area contributed by atoms with Crippen molar-refractivity contribution in [1.29, 1.82) is 0 Å². The molecule has 0 aromatic carbocycles. The van der Waals surface area contributed by atoms with Gasteiger partial charge in [0.15, 0.2) is 5.69 Å². The van der Waals surface area contributed by atoms with Gasteiger partial charge in [-0.15, -0.1) is 22.7 Å². The normalized spacial score (nSPS) is 16.2. The number of nitrogen functional groups attached to an aromatic ring is 1. The minimum Gasteiger partial charge on any atom is -0.462 e. The number of nitrogens with two attached hydrogens (primary N) is 1. The summed E-state index contributed by atoms with van der Waals surface area (Å²) in [5.74, 6) is -1.65. The van der Waals surface area contributed by atoms with E-state index in [4.69, 9.17) is 15.2 Å². The molecule has 7 nitrogen and oxygen atoms in total. The molecule has 1 aliphatic rings. The zero-order valence-corrected chi connectivity index (χ0v) is 19.8. The SMILES string of the molecule is CCOC(=O)C1=c2/c(=C/c3cccs3)c(N)c(C(=O)OCC)n2C(=O)[C@H](c2cccs2)S1. The summed E-state index contributed by atoms with van der Waals surface area (Å²) < 4.78 is 11.7. The number of nitrogens with zero attached hydrogens (tertiary/aromatic N) is 1. The number of carbonyl (C=O) groups excluding carboxylic acids is 3. The molecule has 0 aliphatic carbocycles. The van der Waals surface area contributed by atoms with Crippen molar-refractivity contribution in [2.45, 2.75) is 19.1 Å². The second-order valence-corrected chi connectivity index (χ2v) is 9.72. The van der Waals surface area contributed by atoms with Crippen LogP contribution in [0, 0.1) is 0 Å². The van der Waals surface area contributed by atoms with Gasteiger partial charge in [-0.25, -0.2) is 9.59 Å². The minimum atomic E-state index is -0.717. The lowest BCUT2D eigenvalue weighted by Gasteiger charge is -2.22. The van der Waals surface area contributed by atoms with Gasteiger partial charge in [0, 0.05) is 15.0 Å². The highest BCUT2D eigenvalue weighted by molar-refractivity contribution is 8.10. The fraction of sp³-hybridized carbons (Fsp3) is 0.227. The average Bonchev–Trinajstić information content (AvgIpc) is 3.52. The van der Waals surface area contributed by atoms with Crippen LogP contribution in [-0.4, -0.2) is 35.6 Å². The van der Waals surface area contributed by atoms with E-state index in [2.05, 4.69) is 0 Å². The van der Waals surface area contributed by atoms with Crippen molar-refractivity contribution < 1.29 is 23.9 Å². The van der Waals surface area contributed by atoms with Crippen LogP contribution in [0.25, 0.3) is 11.0 Å². The number of thiophene rings is 2. The highest BCUT2D eigenvalue weighted by atomic mass is 32.2. The minimum absolute atomic E-state index is 0.0710. The van der Waals surface area contributed by atoms with Gasteiger partial charge in [0.25, 0.3) is 5.91 Å². The number of ether oxygens (including phenoxy) is 2. The summed E-state index contributed by atoms with van der Waals surface area (Å²) >= 11 is 3.99. The summed E-state index contributed by atoms with van der Waals surface area (Å²) in [5.41, 5.74) is 6.44. The maximum Gasteiger partial charge on any atom is 0.357 e. The van der Waals surface area contributed by atoms with E-state index in [1.807, 2.05) is 35.0 Å². The number of hydrogen-bond acceptors (Lipinski definition) is 9. The topological polar surface area (TPSA) is 101 Å². The summed E-state index contributed by atoms with van der Waals surface area (Å²) in [4.78, 5) is 41.4. The Balaban J connectivity index is 2.10. The first kappa shape index (κ1) is 22.4. The summed E-state index contributed by atoms with van der Waals surface area (Å²) in [6.07, 6.45) is 1.77. The third kappa shape index (κ3) is 3.89. The molecule has 0 fully saturated rings. The molecular weight excluding hydrogens is 468 g/mol. The molecule has 32 heavy (non-hydrogen) atoms. The Kier molecular flexibility index (Phi) is 6.54. The number of carbonyl (C=O) groups is 3. The third-order valence-corrected chi connectivity index (χ3v) is 7.90. The number of fused-ring (bicyclic) bond motifs is 1. The van der Waals surface area contributed by atoms with E-state index >= 15 is 0 Å². The predicted octanol–water partition coefficient (Wildman–Crippen LogP) is 3.00. The number of anilines is 1. The second-order valence-electron chi connectivity index (χ2n) is 6.64. The van der Waals surface area contributed by atoms with Gasteiger partial charge in [-0.2, -0.15) is 0 Å². The first-order valence-electron chi connectivity index (χ1n) is 9.86. The Morgan fingerprint density at radius 2 is 1.78 bits per heavy atom. The molecule has 10 heteroatoms. The van der Waals surface area contributed by atoms with Gasteiger partial charge in [0.1, 0.15) is 10.2 Å². The number of rotatable bonds is 6. The first-order valence-corrected chi connectivity index (χ1v) is 12.5. The molecule has 166 valence electrons. The number of esters is 2. The van der Waals surface area contributed by atoms with Crippen LogP contribution in [0.3, 0.4) is 0 Å². The Labute approximate surface area is 196 Å². The lowest BCUT2D eigenvalue weighted by Crippen LogP contribution is -2.42. The van der Waals surface area contributed by atoms with E-state index < -0.39 is 17.2 Å². The molecule has 4 rings (SSSR count). The van der Waals surface area contributed by atoms with Crippen molar-refractivity contribution in [3.8, 4) is 0 Å². The molecule has 0 saturated carbocycles. The summed E-state index contributed by atoms with van der Waals surface area (Å²) in [6.45, 7) is 3.68. The highest BCUT2D eigenvalue weighted by Gasteiger charge is 2.38. The van der Waals surface area contributed by atoms with Crippen molar-refractivity contribution in [2.75, 3.05) is 18.9 Å². The molecule has 0 unspecified atom stereocenters. The summed E-state index contributed by atoms with van der Waals surface area (Å²) in [7, 11) is 0. The van der Waals surface area contributed by atoms with Gasteiger partial charge in [0.05, 0.1) is 24.3 Å². The van der Waals surface area contributed by atoms with Crippen LogP contribution in [0.5, 0.6) is 0 Å². The Hall–Kier alpha value is -2.82. The fourth-order valence-electron chi connectivity index (χ4n) is 3.42. The van der Waals surface area contributed by atoms with Crippen molar-refractivity contribution in [3.05, 3.63) is 61.0 Å². The smallest absolute Gasteiger partial charge is 0.357 e. The van der Waals surface area contributed by atoms with Crippen LogP contribution < -0.4 is 16.3 Å². The maximum atomic E-state index is 13.6. The molecule has 3 aromatic rings. The Bertz CT molecular complexity index is 1290. The Morgan fingerprint density at radius 1 is 1.09 bits per heavy atom. The van der Waals surface area contributed by atoms with Crippen LogP contribution >= 0.6 is 34.4 Å². The second kappa shape index (κ2) is 9.35. The molecule has 2 N–H and O–H groups in total. The van der Waals surface area contributed by atoms with E-state index in [-0.39, 0.29) is 40.8 Å². The van der Waals surface area contributed by atoms with Crippen molar-refractivity contribution in [2.24, 2.45) is 0 Å². The zero-order chi connectivity index (χ0) is 22.8. The standard InChI is InChI=1S/C22H20N2O5S3/c1-3-28-21(26)17-15(23)13(11-12-7-5-9-30-12)16-19(22(27)29-4-2)32-18(20(25)24(16)17)14-8-6-10-31-14/h5-11,18H,3-4,23H2,1-2H3/b13-11+/t18-/m0/s1. The number of aromatic nitrogens is 1. The largest absolute Gasteiger partial charge is 0.462 e. The molecule has 0 radical (unpaired) electrons. The van der Waals surface area contributed by atoms with E-state index in [1.54, 1.807) is 19.9 Å². The van der Waals surface area contributed by atoms with E-state index in [0.29, 0.717) is 5.22 Å². The van der Waals surface area contributed by atoms with Gasteiger partial charge in [0.2, 0.25) is 0 Å². The van der Waals surface area contributed by atoms with Gasteiger partial charge in [-0.1, -0.05) is 23.9 Å². The van der Waals surface area contributed by atoms with E-state index in [1.165, 1.54) is 27.2 Å². The van der Waals surface area contributed by atoms with E-state index in [9.17, 15) is 14.4 Å². The monoisotopic (exact) mass is 488 g/mol. The first-order chi connectivity index (χ1) is 15.5. The van der Waals surface area contributed by atoms with Gasteiger partial charge < -0.3 is 15.2 Å². The molecule has 0 spiro atoms. The Morgan fingerprint density at radius 3 is 2.41 bits per heavy atom. The highest BCUT2D eigenvalue weighted by Crippen LogP contribution is 2.41. The molecular formula is C22H20N2O5S3. The molecule has 4 heterocycles. The van der Waals surface area contributed by atoms with Gasteiger partial charge in [-0.05, 0) is 42.8 Å². The lowest BCUT2D eigenvalue weighted by atomic mass is 10.2. The van der Waals surface area contributed by atoms with Crippen molar-refractivity contribution in [1.82, 2.24) is 4.57 Å². The molecule has 0 saturated heterocycles. The average molecular weight is 489 g/mol. The van der Waals surface area contributed by atoms with Crippen LogP contribution in [0.1, 0.15) is 44.1 Å². The summed E-state index contributed by atoms with van der Waals surface area (Å²) in [5, 5.41) is 3.73. The fourth-order valence-corrected chi connectivity index (χ4v) is 6.19. The van der Waals surface area contributed by atoms with Crippen LogP contribution in [0.15, 0.2) is 35.0 Å². The van der Waals surface area contributed by atoms with Gasteiger partial charge in [-0.3, -0.25) is 9.36 Å². The van der Waals surface area contributed by atoms with Crippen LogP contribution in [0.2, 0.25) is 0 Å². The van der Waals surface area contributed by atoms with Gasteiger partial charge >= 0.3 is 11.9 Å². The lowest BCUT2D eigenvalue weighted by molar-refractivity contribution is -0.135. The number of hydrogen-bond donors (Lipinski definition) is 1. The van der Waals surface area contributed by atoms with Crippen molar-refractivity contribution in [3.63, 3.8) is 0 Å². The summed E-state index contributed by atoms with van der Waals surface area (Å²) in [6, 6.07) is 7.42. The zero-order valence-electron chi connectivity index (χ0n) is 17.3. The molecule has 1 atom stereocenters. The molecule has 0 amide bonds. The predicted molar refractivity (Wildman–Crippen MR) is 127 cm³/mol. The molecule has 0 bridgehead atoms. The maximum absolute atomic E-state index is 13.6. The van der Waals surface area contributed by atoms with E-state index in [0.717, 1.165) is 21.5 Å². The molecule has 3 aromatic heterocycles. The van der Waals surface area contributed by atoms with Crippen LogP contribution in [0.4, 0.5) is 5.69 Å². The van der Waals surface area contributed by atoms with Crippen molar-refractivity contribution >= 4 is 68.9 Å².